The van der Waals surface area contributed by atoms with Crippen molar-refractivity contribution in [1.29, 1.82) is 0 Å². The van der Waals surface area contributed by atoms with E-state index >= 15 is 0 Å². The minimum absolute atomic E-state index is 0.0812. The summed E-state index contributed by atoms with van der Waals surface area (Å²) in [6.07, 6.45) is 1.35. The van der Waals surface area contributed by atoms with E-state index in [-0.39, 0.29) is 12.4 Å². The van der Waals surface area contributed by atoms with Gasteiger partial charge in [0.1, 0.15) is 0 Å². The Balaban J connectivity index is 2.87. The normalized spacial score (nSPS) is 12.2. The molecule has 6 heteroatoms. The van der Waals surface area contributed by atoms with Gasteiger partial charge in [0.15, 0.2) is 11.5 Å². The molecule has 114 valence electrons. The van der Waals surface area contributed by atoms with Crippen LogP contribution >= 0.6 is 0 Å². The highest BCUT2D eigenvalue weighted by atomic mass is 32.2. The minimum atomic E-state index is -3.54. The van der Waals surface area contributed by atoms with E-state index in [4.69, 9.17) is 14.6 Å². The Kier molecular flexibility index (Phi) is 5.83. The van der Waals surface area contributed by atoms with Gasteiger partial charge >= 0.3 is 0 Å². The molecule has 0 bridgehead atoms. The van der Waals surface area contributed by atoms with Crippen LogP contribution in [0.5, 0.6) is 11.5 Å². The average molecular weight is 301 g/mol. The molecular weight excluding hydrogens is 278 g/mol. The van der Waals surface area contributed by atoms with Gasteiger partial charge in [-0.25, -0.2) is 13.6 Å². The molecule has 0 aliphatic rings. The van der Waals surface area contributed by atoms with Crippen LogP contribution in [-0.2, 0) is 10.0 Å². The predicted octanol–water partition coefficient (Wildman–Crippen LogP) is 2.17. The molecule has 0 aliphatic carbocycles. The Morgan fingerprint density at radius 2 is 1.70 bits per heavy atom. The first-order chi connectivity index (χ1) is 9.36. The second-order valence-corrected chi connectivity index (χ2v) is 6.57. The number of sulfonamides is 1. The zero-order valence-electron chi connectivity index (χ0n) is 12.3. The number of nitrogens with two attached hydrogens (primary N) is 1. The van der Waals surface area contributed by atoms with Crippen LogP contribution in [0.25, 0.3) is 0 Å². The Labute approximate surface area is 121 Å². The number of primary sulfonamides is 1. The summed E-state index contributed by atoms with van der Waals surface area (Å²) in [4.78, 5) is 0. The number of methoxy groups -OCH3 is 1. The van der Waals surface area contributed by atoms with Crippen molar-refractivity contribution in [3.8, 4) is 11.5 Å². The van der Waals surface area contributed by atoms with Crippen LogP contribution in [0.4, 0.5) is 0 Å². The van der Waals surface area contributed by atoms with Crippen LogP contribution in [0.1, 0.15) is 26.7 Å². The van der Waals surface area contributed by atoms with Crippen LogP contribution < -0.4 is 14.6 Å². The van der Waals surface area contributed by atoms with Crippen LogP contribution in [0.15, 0.2) is 24.3 Å². The van der Waals surface area contributed by atoms with Gasteiger partial charge in [0.05, 0.1) is 19.5 Å². The summed E-state index contributed by atoms with van der Waals surface area (Å²) in [6, 6.07) is 7.29. The summed E-state index contributed by atoms with van der Waals surface area (Å²) in [6.45, 7) is 4.18. The molecule has 1 aromatic rings. The maximum atomic E-state index is 11.4. The van der Waals surface area contributed by atoms with Gasteiger partial charge in [-0.2, -0.15) is 0 Å². The van der Waals surface area contributed by atoms with E-state index in [1.54, 1.807) is 19.2 Å². The maximum Gasteiger partial charge on any atom is 0.209 e. The van der Waals surface area contributed by atoms with Gasteiger partial charge in [-0.1, -0.05) is 26.0 Å². The van der Waals surface area contributed by atoms with Crippen molar-refractivity contribution in [2.24, 2.45) is 10.6 Å². The third kappa shape index (κ3) is 4.68. The Morgan fingerprint density at radius 3 is 2.15 bits per heavy atom. The zero-order chi connectivity index (χ0) is 15.2. The van der Waals surface area contributed by atoms with Crippen molar-refractivity contribution >= 4 is 10.0 Å². The van der Waals surface area contributed by atoms with Gasteiger partial charge in [-0.15, -0.1) is 0 Å². The number of hydrogen-bond donors (Lipinski definition) is 1. The Hall–Kier alpha value is -1.27. The second kappa shape index (κ2) is 6.95. The molecule has 0 saturated heterocycles. The summed E-state index contributed by atoms with van der Waals surface area (Å²) < 4.78 is 33.8. The first kappa shape index (κ1) is 16.8. The van der Waals surface area contributed by atoms with Crippen molar-refractivity contribution in [3.63, 3.8) is 0 Å². The molecule has 0 atom stereocenters. The monoisotopic (exact) mass is 301 g/mol. The minimum Gasteiger partial charge on any atom is -0.493 e. The van der Waals surface area contributed by atoms with E-state index in [1.807, 2.05) is 26.0 Å². The molecule has 0 heterocycles. The highest BCUT2D eigenvalue weighted by Crippen LogP contribution is 2.32. The molecule has 0 amide bonds. The number of hydrogen-bond acceptors (Lipinski definition) is 4. The molecule has 0 radical (unpaired) electrons. The van der Waals surface area contributed by atoms with Crippen molar-refractivity contribution in [1.82, 2.24) is 0 Å². The van der Waals surface area contributed by atoms with E-state index in [2.05, 4.69) is 0 Å². The number of rotatable bonds is 8. The molecule has 0 unspecified atom stereocenters. The van der Waals surface area contributed by atoms with E-state index in [9.17, 15) is 8.42 Å². The summed E-state index contributed by atoms with van der Waals surface area (Å²) >= 11 is 0. The standard InChI is InChI=1S/C14H23NO4S/c1-4-14(5-2,11-20(15,16)17)10-19-13-9-7-6-8-12(13)18-3/h6-9H,4-5,10-11H2,1-3H3,(H2,15,16,17). The van der Waals surface area contributed by atoms with E-state index in [1.165, 1.54) is 0 Å². The predicted molar refractivity (Wildman–Crippen MR) is 79.5 cm³/mol. The molecule has 20 heavy (non-hydrogen) atoms. The molecule has 2 N–H and O–H groups in total. The van der Waals surface area contributed by atoms with Crippen LogP contribution in [0.3, 0.4) is 0 Å². The molecule has 0 fully saturated rings. The average Bonchev–Trinajstić information content (AvgIpc) is 2.42. The number of benzene rings is 1. The highest BCUT2D eigenvalue weighted by molar-refractivity contribution is 7.89. The molecule has 5 nitrogen and oxygen atoms in total. The lowest BCUT2D eigenvalue weighted by atomic mass is 9.85. The van der Waals surface area contributed by atoms with Crippen molar-refractivity contribution in [2.45, 2.75) is 26.7 Å². The topological polar surface area (TPSA) is 78.6 Å². The van der Waals surface area contributed by atoms with Gasteiger partial charge in [-0.3, -0.25) is 0 Å². The SMILES string of the molecule is CCC(CC)(COc1ccccc1OC)CS(N)(=O)=O. The molecule has 0 aliphatic heterocycles. The van der Waals surface area contributed by atoms with Crippen molar-refractivity contribution in [3.05, 3.63) is 24.3 Å². The fourth-order valence-corrected chi connectivity index (χ4v) is 3.44. The quantitative estimate of drug-likeness (QED) is 0.798. The Morgan fingerprint density at radius 1 is 1.15 bits per heavy atom. The first-order valence-corrected chi connectivity index (χ1v) is 8.33. The third-order valence-corrected chi connectivity index (χ3v) is 4.63. The fourth-order valence-electron chi connectivity index (χ4n) is 2.10. The largest absolute Gasteiger partial charge is 0.493 e. The molecule has 1 rings (SSSR count). The molecule has 0 spiro atoms. The van der Waals surface area contributed by atoms with E-state index in [0.717, 1.165) is 0 Å². The van der Waals surface area contributed by atoms with E-state index in [0.29, 0.717) is 24.3 Å². The molecule has 1 aromatic carbocycles. The van der Waals surface area contributed by atoms with Gasteiger partial charge in [-0.05, 0) is 25.0 Å². The van der Waals surface area contributed by atoms with Crippen molar-refractivity contribution in [2.75, 3.05) is 19.5 Å². The molecule has 0 aromatic heterocycles. The highest BCUT2D eigenvalue weighted by Gasteiger charge is 2.32. The lowest BCUT2D eigenvalue weighted by molar-refractivity contribution is 0.150. The van der Waals surface area contributed by atoms with Gasteiger partial charge in [0.25, 0.3) is 0 Å². The first-order valence-electron chi connectivity index (χ1n) is 6.62. The lowest BCUT2D eigenvalue weighted by Crippen LogP contribution is -2.37. The molecule has 0 saturated carbocycles. The Bertz CT molecular complexity index is 524. The summed E-state index contributed by atoms with van der Waals surface area (Å²) in [5.74, 6) is 1.15. The van der Waals surface area contributed by atoms with Gasteiger partial charge in [0.2, 0.25) is 10.0 Å². The van der Waals surface area contributed by atoms with Crippen LogP contribution in [0, 0.1) is 5.41 Å². The smallest absolute Gasteiger partial charge is 0.209 e. The maximum absolute atomic E-state index is 11.4. The summed E-state index contributed by atoms with van der Waals surface area (Å²) in [7, 11) is -1.97. The van der Waals surface area contributed by atoms with E-state index < -0.39 is 15.4 Å². The zero-order valence-corrected chi connectivity index (χ0v) is 13.1. The summed E-state index contributed by atoms with van der Waals surface area (Å²) in [5, 5.41) is 5.19. The van der Waals surface area contributed by atoms with Gasteiger partial charge < -0.3 is 9.47 Å². The fraction of sp³-hybridized carbons (Fsp3) is 0.571. The third-order valence-electron chi connectivity index (χ3n) is 3.61. The lowest BCUT2D eigenvalue weighted by Gasteiger charge is -2.30. The second-order valence-electron chi connectivity index (χ2n) is 4.95. The number of para-hydroxylation sites is 2. The van der Waals surface area contributed by atoms with Crippen LogP contribution in [0.2, 0.25) is 0 Å². The van der Waals surface area contributed by atoms with Crippen LogP contribution in [-0.4, -0.2) is 27.9 Å². The van der Waals surface area contributed by atoms with Crippen molar-refractivity contribution < 1.29 is 17.9 Å². The molecular formula is C14H23NO4S. The number of ether oxygens (including phenoxy) is 2. The van der Waals surface area contributed by atoms with Gasteiger partial charge in [0, 0.05) is 5.41 Å². The summed E-state index contributed by atoms with van der Waals surface area (Å²) in [5.41, 5.74) is -0.478.